The van der Waals surface area contributed by atoms with Crippen molar-refractivity contribution in [2.24, 2.45) is 0 Å². The van der Waals surface area contributed by atoms with Crippen LogP contribution in [0.3, 0.4) is 0 Å². The van der Waals surface area contributed by atoms with E-state index in [1.54, 1.807) is 0 Å². The van der Waals surface area contributed by atoms with E-state index in [9.17, 15) is 4.79 Å². The second kappa shape index (κ2) is 6.05. The van der Waals surface area contributed by atoms with Crippen LogP contribution in [0.2, 0.25) is 0 Å². The first-order valence-corrected chi connectivity index (χ1v) is 7.26. The molecule has 2 unspecified atom stereocenters. The maximum atomic E-state index is 11.6. The SMILES string of the molecule is CC1CCCCN1CCCN1CC(Cl)CC1=O. The fourth-order valence-electron chi connectivity index (χ4n) is 2.89. The molecule has 0 spiro atoms. The van der Waals surface area contributed by atoms with Gasteiger partial charge in [0.2, 0.25) is 5.91 Å². The van der Waals surface area contributed by atoms with Crippen molar-refractivity contribution in [2.75, 3.05) is 26.2 Å². The monoisotopic (exact) mass is 258 g/mol. The normalized spacial score (nSPS) is 31.2. The molecule has 0 saturated carbocycles. The summed E-state index contributed by atoms with van der Waals surface area (Å²) in [5.41, 5.74) is 0. The lowest BCUT2D eigenvalue weighted by Crippen LogP contribution is -2.39. The topological polar surface area (TPSA) is 23.6 Å². The Morgan fingerprint density at radius 3 is 2.82 bits per heavy atom. The van der Waals surface area contributed by atoms with Crippen LogP contribution in [0.1, 0.15) is 39.0 Å². The number of carbonyl (C=O) groups excluding carboxylic acids is 1. The van der Waals surface area contributed by atoms with Gasteiger partial charge in [0.25, 0.3) is 0 Å². The number of piperidine rings is 1. The van der Waals surface area contributed by atoms with Gasteiger partial charge in [0.1, 0.15) is 0 Å². The molecule has 2 heterocycles. The molecule has 4 heteroatoms. The van der Waals surface area contributed by atoms with Crippen LogP contribution >= 0.6 is 11.6 Å². The molecule has 0 N–H and O–H groups in total. The second-order valence-corrected chi connectivity index (χ2v) is 5.99. The van der Waals surface area contributed by atoms with Crippen molar-refractivity contribution >= 4 is 17.5 Å². The van der Waals surface area contributed by atoms with Crippen LogP contribution in [-0.2, 0) is 4.79 Å². The maximum absolute atomic E-state index is 11.6. The number of alkyl halides is 1. The number of hydrogen-bond acceptors (Lipinski definition) is 2. The molecular formula is C13H23ClN2O. The number of nitrogens with zero attached hydrogens (tertiary/aromatic N) is 2. The van der Waals surface area contributed by atoms with Crippen LogP contribution in [0.4, 0.5) is 0 Å². The molecule has 2 rings (SSSR count). The highest BCUT2D eigenvalue weighted by Gasteiger charge is 2.27. The Balaban J connectivity index is 1.67. The van der Waals surface area contributed by atoms with Gasteiger partial charge >= 0.3 is 0 Å². The highest BCUT2D eigenvalue weighted by molar-refractivity contribution is 6.22. The van der Waals surface area contributed by atoms with E-state index in [0.717, 1.165) is 32.1 Å². The van der Waals surface area contributed by atoms with Gasteiger partial charge in [-0.15, -0.1) is 11.6 Å². The number of carbonyl (C=O) groups is 1. The lowest BCUT2D eigenvalue weighted by Gasteiger charge is -2.33. The molecule has 0 bridgehead atoms. The fourth-order valence-corrected chi connectivity index (χ4v) is 3.19. The predicted molar refractivity (Wildman–Crippen MR) is 70.3 cm³/mol. The van der Waals surface area contributed by atoms with Crippen molar-refractivity contribution in [3.63, 3.8) is 0 Å². The van der Waals surface area contributed by atoms with E-state index >= 15 is 0 Å². The Bertz CT molecular complexity index is 272. The minimum Gasteiger partial charge on any atom is -0.341 e. The summed E-state index contributed by atoms with van der Waals surface area (Å²) in [4.78, 5) is 16.0. The zero-order chi connectivity index (χ0) is 12.3. The van der Waals surface area contributed by atoms with Gasteiger partial charge in [-0.25, -0.2) is 0 Å². The van der Waals surface area contributed by atoms with Gasteiger partial charge in [0.15, 0.2) is 0 Å². The van der Waals surface area contributed by atoms with Crippen molar-refractivity contribution in [3.8, 4) is 0 Å². The Labute approximate surface area is 109 Å². The third kappa shape index (κ3) is 3.59. The van der Waals surface area contributed by atoms with Crippen molar-refractivity contribution in [2.45, 2.75) is 50.4 Å². The van der Waals surface area contributed by atoms with Gasteiger partial charge < -0.3 is 9.80 Å². The molecule has 2 aliphatic heterocycles. The average Bonchev–Trinajstić information content (AvgIpc) is 2.60. The minimum atomic E-state index is 0.0383. The van der Waals surface area contributed by atoms with Crippen LogP contribution in [-0.4, -0.2) is 53.3 Å². The Morgan fingerprint density at radius 1 is 1.35 bits per heavy atom. The van der Waals surface area contributed by atoms with E-state index in [-0.39, 0.29) is 11.3 Å². The Morgan fingerprint density at radius 2 is 2.18 bits per heavy atom. The number of halogens is 1. The van der Waals surface area contributed by atoms with Crippen molar-refractivity contribution < 1.29 is 4.79 Å². The van der Waals surface area contributed by atoms with Crippen LogP contribution in [0.5, 0.6) is 0 Å². The summed E-state index contributed by atoms with van der Waals surface area (Å²) in [6, 6.07) is 0.721. The smallest absolute Gasteiger partial charge is 0.224 e. The number of rotatable bonds is 4. The highest BCUT2D eigenvalue weighted by atomic mass is 35.5. The van der Waals surface area contributed by atoms with Gasteiger partial charge in [-0.1, -0.05) is 6.42 Å². The summed E-state index contributed by atoms with van der Waals surface area (Å²) in [7, 11) is 0. The van der Waals surface area contributed by atoms with Gasteiger partial charge in [0, 0.05) is 32.1 Å². The predicted octanol–water partition coefficient (Wildman–Crippen LogP) is 2.09. The van der Waals surface area contributed by atoms with Crippen LogP contribution in [0.15, 0.2) is 0 Å². The third-order valence-corrected chi connectivity index (χ3v) is 4.27. The molecule has 0 aromatic carbocycles. The number of amides is 1. The summed E-state index contributed by atoms with van der Waals surface area (Å²) < 4.78 is 0. The van der Waals surface area contributed by atoms with Gasteiger partial charge in [-0.2, -0.15) is 0 Å². The average molecular weight is 259 g/mol. The van der Waals surface area contributed by atoms with Crippen molar-refractivity contribution in [1.82, 2.24) is 9.80 Å². The standard InChI is InChI=1S/C13H23ClN2O/c1-11-5-2-3-6-15(11)7-4-8-16-10-12(14)9-13(16)17/h11-12H,2-10H2,1H3. The van der Waals surface area contributed by atoms with Crippen molar-refractivity contribution in [1.29, 1.82) is 0 Å². The van der Waals surface area contributed by atoms with Gasteiger partial charge in [0.05, 0.1) is 5.38 Å². The first kappa shape index (κ1) is 13.2. The summed E-state index contributed by atoms with van der Waals surface area (Å²) >= 11 is 5.98. The van der Waals surface area contributed by atoms with E-state index in [1.165, 1.54) is 25.8 Å². The first-order valence-electron chi connectivity index (χ1n) is 6.82. The van der Waals surface area contributed by atoms with Crippen LogP contribution in [0.25, 0.3) is 0 Å². The molecule has 0 aliphatic carbocycles. The fraction of sp³-hybridized carbons (Fsp3) is 0.923. The third-order valence-electron chi connectivity index (χ3n) is 3.98. The molecule has 0 radical (unpaired) electrons. The summed E-state index contributed by atoms with van der Waals surface area (Å²) in [5.74, 6) is 0.233. The molecule has 98 valence electrons. The number of hydrogen-bond donors (Lipinski definition) is 0. The molecule has 0 aromatic heterocycles. The molecule has 2 aliphatic rings. The number of likely N-dealkylation sites (tertiary alicyclic amines) is 2. The highest BCUT2D eigenvalue weighted by Crippen LogP contribution is 2.18. The second-order valence-electron chi connectivity index (χ2n) is 5.38. The first-order chi connectivity index (χ1) is 8.16. The Kier molecular flexibility index (Phi) is 4.69. The molecule has 2 saturated heterocycles. The van der Waals surface area contributed by atoms with E-state index in [2.05, 4.69) is 11.8 Å². The van der Waals surface area contributed by atoms with E-state index < -0.39 is 0 Å². The molecule has 0 aromatic rings. The van der Waals surface area contributed by atoms with E-state index in [4.69, 9.17) is 11.6 Å². The molecule has 3 nitrogen and oxygen atoms in total. The zero-order valence-corrected chi connectivity index (χ0v) is 11.5. The van der Waals surface area contributed by atoms with E-state index in [0.29, 0.717) is 6.42 Å². The lowest BCUT2D eigenvalue weighted by atomic mass is 10.0. The van der Waals surface area contributed by atoms with Crippen molar-refractivity contribution in [3.05, 3.63) is 0 Å². The molecule has 17 heavy (non-hydrogen) atoms. The summed E-state index contributed by atoms with van der Waals surface area (Å²) in [6.07, 6.45) is 5.64. The minimum absolute atomic E-state index is 0.0383. The van der Waals surface area contributed by atoms with E-state index in [1.807, 2.05) is 4.90 Å². The maximum Gasteiger partial charge on any atom is 0.224 e. The van der Waals surface area contributed by atoms with Crippen LogP contribution < -0.4 is 0 Å². The lowest BCUT2D eigenvalue weighted by molar-refractivity contribution is -0.127. The molecular weight excluding hydrogens is 236 g/mol. The molecule has 2 fully saturated rings. The van der Waals surface area contributed by atoms with Crippen LogP contribution in [0, 0.1) is 0 Å². The zero-order valence-electron chi connectivity index (χ0n) is 10.7. The molecule has 1 amide bonds. The summed E-state index contributed by atoms with van der Waals surface area (Å²) in [6.45, 7) is 6.29. The largest absolute Gasteiger partial charge is 0.341 e. The van der Waals surface area contributed by atoms with Gasteiger partial charge in [-0.3, -0.25) is 4.79 Å². The Hall–Kier alpha value is -0.280. The van der Waals surface area contributed by atoms with Gasteiger partial charge in [-0.05, 0) is 32.7 Å². The summed E-state index contributed by atoms with van der Waals surface area (Å²) in [5, 5.41) is 0.0383. The quantitative estimate of drug-likeness (QED) is 0.721. The molecule has 2 atom stereocenters.